The molecule has 1 aromatic carbocycles. The molecule has 0 saturated carbocycles. The van der Waals surface area contributed by atoms with Gasteiger partial charge < -0.3 is 10.6 Å². The SMILES string of the molecule is CC1CCCC(CN)N1C(=O)c1ccc(Br)cc1Cl. The van der Waals surface area contributed by atoms with Gasteiger partial charge in [-0.15, -0.1) is 0 Å². The Morgan fingerprint density at radius 1 is 1.53 bits per heavy atom. The molecule has 19 heavy (non-hydrogen) atoms. The molecule has 1 amide bonds. The van der Waals surface area contributed by atoms with Crippen LogP contribution >= 0.6 is 27.5 Å². The quantitative estimate of drug-likeness (QED) is 0.892. The third-order valence-electron chi connectivity index (χ3n) is 3.70. The molecule has 1 aromatic rings. The number of carbonyl (C=O) groups excluding carboxylic acids is 1. The number of hydrogen-bond donors (Lipinski definition) is 1. The Labute approximate surface area is 127 Å². The highest BCUT2D eigenvalue weighted by Crippen LogP contribution is 2.28. The van der Waals surface area contributed by atoms with Crippen LogP contribution in [0.1, 0.15) is 36.5 Å². The first-order chi connectivity index (χ1) is 9.04. The predicted molar refractivity (Wildman–Crippen MR) is 81.5 cm³/mol. The van der Waals surface area contributed by atoms with Crippen LogP contribution in [0.2, 0.25) is 5.02 Å². The normalized spacial score (nSPS) is 23.5. The van der Waals surface area contributed by atoms with E-state index in [1.54, 1.807) is 12.1 Å². The van der Waals surface area contributed by atoms with Crippen LogP contribution in [-0.2, 0) is 0 Å². The van der Waals surface area contributed by atoms with Crippen LogP contribution in [0.15, 0.2) is 22.7 Å². The first-order valence-electron chi connectivity index (χ1n) is 6.52. The zero-order valence-corrected chi connectivity index (χ0v) is 13.2. The fourth-order valence-electron chi connectivity index (χ4n) is 2.69. The molecule has 0 spiro atoms. The Kier molecular flexibility index (Phi) is 4.87. The topological polar surface area (TPSA) is 46.3 Å². The summed E-state index contributed by atoms with van der Waals surface area (Å²) in [7, 11) is 0. The van der Waals surface area contributed by atoms with Crippen molar-refractivity contribution in [3.63, 3.8) is 0 Å². The van der Waals surface area contributed by atoms with Crippen molar-refractivity contribution in [1.82, 2.24) is 4.90 Å². The minimum absolute atomic E-state index is 0.0137. The van der Waals surface area contributed by atoms with E-state index in [1.807, 2.05) is 11.0 Å². The molecule has 0 bridgehead atoms. The Bertz CT molecular complexity index is 481. The number of benzene rings is 1. The van der Waals surface area contributed by atoms with Crippen LogP contribution in [0.25, 0.3) is 0 Å². The van der Waals surface area contributed by atoms with Gasteiger partial charge in [0.15, 0.2) is 0 Å². The molecular weight excluding hydrogens is 328 g/mol. The van der Waals surface area contributed by atoms with Crippen molar-refractivity contribution in [2.45, 2.75) is 38.3 Å². The molecule has 104 valence electrons. The Morgan fingerprint density at radius 3 is 2.89 bits per heavy atom. The van der Waals surface area contributed by atoms with Gasteiger partial charge in [0, 0.05) is 23.1 Å². The van der Waals surface area contributed by atoms with Crippen molar-refractivity contribution in [1.29, 1.82) is 0 Å². The lowest BCUT2D eigenvalue weighted by Crippen LogP contribution is -2.51. The Hall–Kier alpha value is -0.580. The highest BCUT2D eigenvalue weighted by Gasteiger charge is 2.32. The molecule has 2 unspecified atom stereocenters. The number of nitrogens with two attached hydrogens (primary N) is 1. The average Bonchev–Trinajstić information content (AvgIpc) is 2.37. The maximum Gasteiger partial charge on any atom is 0.255 e. The third-order valence-corrected chi connectivity index (χ3v) is 4.50. The summed E-state index contributed by atoms with van der Waals surface area (Å²) in [5, 5.41) is 0.480. The molecule has 0 radical (unpaired) electrons. The van der Waals surface area contributed by atoms with Crippen molar-refractivity contribution < 1.29 is 4.79 Å². The number of rotatable bonds is 2. The number of hydrogen-bond acceptors (Lipinski definition) is 2. The molecular formula is C14H18BrClN2O. The number of carbonyl (C=O) groups is 1. The van der Waals surface area contributed by atoms with Gasteiger partial charge in [-0.3, -0.25) is 4.79 Å². The van der Waals surface area contributed by atoms with Gasteiger partial charge in [-0.2, -0.15) is 0 Å². The number of nitrogens with zero attached hydrogens (tertiary/aromatic N) is 1. The fraction of sp³-hybridized carbons (Fsp3) is 0.500. The molecule has 0 aliphatic carbocycles. The summed E-state index contributed by atoms with van der Waals surface area (Å²) in [5.41, 5.74) is 6.35. The minimum atomic E-state index is -0.0137. The van der Waals surface area contributed by atoms with Crippen molar-refractivity contribution in [2.24, 2.45) is 5.73 Å². The number of halogens is 2. The van der Waals surface area contributed by atoms with Gasteiger partial charge >= 0.3 is 0 Å². The highest BCUT2D eigenvalue weighted by atomic mass is 79.9. The Morgan fingerprint density at radius 2 is 2.26 bits per heavy atom. The van der Waals surface area contributed by atoms with Crippen LogP contribution < -0.4 is 5.73 Å². The molecule has 1 fully saturated rings. The zero-order chi connectivity index (χ0) is 14.0. The van der Waals surface area contributed by atoms with Gasteiger partial charge in [0.2, 0.25) is 0 Å². The van der Waals surface area contributed by atoms with Crippen LogP contribution in [0.3, 0.4) is 0 Å². The van der Waals surface area contributed by atoms with Gasteiger partial charge in [-0.1, -0.05) is 27.5 Å². The van der Waals surface area contributed by atoms with E-state index in [-0.39, 0.29) is 18.0 Å². The maximum absolute atomic E-state index is 12.7. The second-order valence-electron chi connectivity index (χ2n) is 5.01. The molecule has 1 aliphatic rings. The second-order valence-corrected chi connectivity index (χ2v) is 6.33. The summed E-state index contributed by atoms with van der Waals surface area (Å²) in [6.07, 6.45) is 3.12. The maximum atomic E-state index is 12.7. The summed E-state index contributed by atoms with van der Waals surface area (Å²) in [5.74, 6) is -0.0137. The molecule has 1 heterocycles. The van der Waals surface area contributed by atoms with Crippen molar-refractivity contribution in [2.75, 3.05) is 6.54 Å². The van der Waals surface area contributed by atoms with E-state index in [0.29, 0.717) is 17.1 Å². The molecule has 2 rings (SSSR count). The van der Waals surface area contributed by atoms with Crippen molar-refractivity contribution in [3.8, 4) is 0 Å². The van der Waals surface area contributed by atoms with Crippen LogP contribution in [0.4, 0.5) is 0 Å². The van der Waals surface area contributed by atoms with E-state index < -0.39 is 0 Å². The van der Waals surface area contributed by atoms with Gasteiger partial charge in [0.05, 0.1) is 10.6 Å². The molecule has 3 nitrogen and oxygen atoms in total. The van der Waals surface area contributed by atoms with Crippen molar-refractivity contribution in [3.05, 3.63) is 33.3 Å². The highest BCUT2D eigenvalue weighted by molar-refractivity contribution is 9.10. The van der Waals surface area contributed by atoms with Gasteiger partial charge in [0.25, 0.3) is 5.91 Å². The van der Waals surface area contributed by atoms with E-state index in [1.165, 1.54) is 0 Å². The minimum Gasteiger partial charge on any atom is -0.332 e. The van der Waals surface area contributed by atoms with E-state index >= 15 is 0 Å². The molecule has 2 N–H and O–H groups in total. The lowest BCUT2D eigenvalue weighted by atomic mass is 9.95. The smallest absolute Gasteiger partial charge is 0.255 e. The fourth-order valence-corrected chi connectivity index (χ4v) is 3.44. The summed E-state index contributed by atoms with van der Waals surface area (Å²) in [6, 6.07) is 5.70. The molecule has 2 atom stereocenters. The van der Waals surface area contributed by atoms with Crippen molar-refractivity contribution >= 4 is 33.4 Å². The molecule has 0 aromatic heterocycles. The largest absolute Gasteiger partial charge is 0.332 e. The van der Waals surface area contributed by atoms with E-state index in [2.05, 4.69) is 22.9 Å². The number of amides is 1. The van der Waals surface area contributed by atoms with Crippen LogP contribution in [0, 0.1) is 0 Å². The zero-order valence-electron chi connectivity index (χ0n) is 10.9. The lowest BCUT2D eigenvalue weighted by molar-refractivity contribution is 0.0494. The van der Waals surface area contributed by atoms with Gasteiger partial charge in [-0.25, -0.2) is 0 Å². The first-order valence-corrected chi connectivity index (χ1v) is 7.69. The van der Waals surface area contributed by atoms with E-state index in [4.69, 9.17) is 17.3 Å². The first kappa shape index (κ1) is 14.8. The van der Waals surface area contributed by atoms with Gasteiger partial charge in [-0.05, 0) is 44.4 Å². The summed E-state index contributed by atoms with van der Waals surface area (Å²) in [4.78, 5) is 14.6. The molecule has 1 saturated heterocycles. The van der Waals surface area contributed by atoms with E-state index in [0.717, 1.165) is 23.7 Å². The average molecular weight is 346 g/mol. The monoisotopic (exact) mass is 344 g/mol. The second kappa shape index (κ2) is 6.25. The van der Waals surface area contributed by atoms with E-state index in [9.17, 15) is 4.79 Å². The lowest BCUT2D eigenvalue weighted by Gasteiger charge is -2.40. The summed E-state index contributed by atoms with van der Waals surface area (Å²) >= 11 is 9.52. The van der Waals surface area contributed by atoms with Crippen LogP contribution in [0.5, 0.6) is 0 Å². The third kappa shape index (κ3) is 3.12. The number of piperidine rings is 1. The van der Waals surface area contributed by atoms with Crippen LogP contribution in [-0.4, -0.2) is 29.4 Å². The number of likely N-dealkylation sites (tertiary alicyclic amines) is 1. The Balaban J connectivity index is 2.30. The summed E-state index contributed by atoms with van der Waals surface area (Å²) < 4.78 is 0.871. The predicted octanol–water partition coefficient (Wildman–Crippen LogP) is 3.44. The molecule has 1 aliphatic heterocycles. The summed E-state index contributed by atoms with van der Waals surface area (Å²) in [6.45, 7) is 2.58. The van der Waals surface area contributed by atoms with Gasteiger partial charge in [0.1, 0.15) is 0 Å². The standard InChI is InChI=1S/C14H18BrClN2O/c1-9-3-2-4-11(8-17)18(9)14(19)12-6-5-10(15)7-13(12)16/h5-7,9,11H,2-4,8,17H2,1H3. The molecule has 5 heteroatoms.